The quantitative estimate of drug-likeness (QED) is 0.458. The Morgan fingerprint density at radius 2 is 1.94 bits per heavy atom. The molecule has 0 saturated carbocycles. The van der Waals surface area contributed by atoms with Gasteiger partial charge in [0.2, 0.25) is 0 Å². The molecular formula is C28H37FN4O2. The van der Waals surface area contributed by atoms with Crippen molar-refractivity contribution in [3.8, 4) is 0 Å². The van der Waals surface area contributed by atoms with E-state index in [9.17, 15) is 9.18 Å². The first-order valence-electron chi connectivity index (χ1n) is 12.3. The Morgan fingerprint density at radius 3 is 2.69 bits per heavy atom. The Kier molecular flexibility index (Phi) is 6.80. The van der Waals surface area contributed by atoms with Gasteiger partial charge in [0.05, 0.1) is 23.9 Å². The summed E-state index contributed by atoms with van der Waals surface area (Å²) in [5, 5.41) is 3.01. The number of fused-ring (bicyclic) bond motifs is 2. The largest absolute Gasteiger partial charge is 0.444 e. The van der Waals surface area contributed by atoms with E-state index in [0.717, 1.165) is 35.2 Å². The molecule has 1 aromatic heterocycles. The van der Waals surface area contributed by atoms with E-state index >= 15 is 0 Å². The molecule has 0 spiro atoms. The number of halogens is 1. The maximum absolute atomic E-state index is 13.8. The molecular weight excluding hydrogens is 443 g/mol. The third-order valence-corrected chi connectivity index (χ3v) is 6.51. The average molecular weight is 481 g/mol. The number of para-hydroxylation sites is 2. The zero-order chi connectivity index (χ0) is 25.4. The first kappa shape index (κ1) is 25.0. The van der Waals surface area contributed by atoms with Gasteiger partial charge in [-0.2, -0.15) is 0 Å². The van der Waals surface area contributed by atoms with Gasteiger partial charge in [0.1, 0.15) is 11.9 Å². The number of aromatic nitrogens is 2. The van der Waals surface area contributed by atoms with Crippen molar-refractivity contribution in [3.05, 3.63) is 60.2 Å². The van der Waals surface area contributed by atoms with Gasteiger partial charge in [-0.1, -0.05) is 46.8 Å². The molecule has 35 heavy (non-hydrogen) atoms. The topological polar surface area (TPSA) is 59.4 Å². The molecule has 2 aromatic carbocycles. The highest BCUT2D eigenvalue weighted by molar-refractivity contribution is 5.75. The number of carbonyl (C=O) groups excluding carboxylic acids is 1. The minimum atomic E-state index is -0.422. The number of imidazole rings is 1. The molecule has 0 saturated heterocycles. The fourth-order valence-corrected chi connectivity index (χ4v) is 5.10. The molecule has 4 rings (SSSR count). The molecule has 3 aromatic rings. The number of anilines is 1. The molecule has 0 unspecified atom stereocenters. The molecule has 2 heterocycles. The molecule has 2 atom stereocenters. The van der Waals surface area contributed by atoms with E-state index in [1.165, 1.54) is 6.07 Å². The number of rotatable bonds is 7. The van der Waals surface area contributed by atoms with Gasteiger partial charge in [0.15, 0.2) is 0 Å². The van der Waals surface area contributed by atoms with Crippen molar-refractivity contribution in [2.45, 2.75) is 72.1 Å². The lowest BCUT2D eigenvalue weighted by molar-refractivity contribution is 0.0608. The van der Waals surface area contributed by atoms with Crippen LogP contribution < -0.4 is 10.2 Å². The molecule has 1 aliphatic rings. The number of hydrogen-bond donors (Lipinski definition) is 1. The van der Waals surface area contributed by atoms with Crippen LogP contribution in [0.4, 0.5) is 14.9 Å². The fourth-order valence-electron chi connectivity index (χ4n) is 5.10. The molecule has 1 N–H and O–H groups in total. The number of benzene rings is 2. The second-order valence-corrected chi connectivity index (χ2v) is 11.6. The third-order valence-electron chi connectivity index (χ3n) is 6.51. The first-order chi connectivity index (χ1) is 16.4. The fraction of sp³-hybridized carbons (Fsp3) is 0.500. The predicted octanol–water partition coefficient (Wildman–Crippen LogP) is 5.89. The van der Waals surface area contributed by atoms with Crippen LogP contribution in [0.2, 0.25) is 0 Å². The molecule has 6 nitrogen and oxygen atoms in total. The van der Waals surface area contributed by atoms with Gasteiger partial charge in [-0.25, -0.2) is 14.2 Å². The zero-order valence-corrected chi connectivity index (χ0v) is 21.6. The first-order valence-corrected chi connectivity index (χ1v) is 12.3. The van der Waals surface area contributed by atoms with E-state index in [4.69, 9.17) is 4.74 Å². The SMILES string of the molecule is C[C@@H](CN1CC(C)(C)c2cc(F)ccc21)NC(=O)O[C@H](Cn1cnc2ccccc21)CC(C)(C)C. The van der Waals surface area contributed by atoms with Gasteiger partial charge < -0.3 is 19.5 Å². The monoisotopic (exact) mass is 480 g/mol. The smallest absolute Gasteiger partial charge is 0.407 e. The number of nitrogens with one attached hydrogen (secondary N) is 1. The normalized spacial score (nSPS) is 16.7. The molecule has 0 fully saturated rings. The van der Waals surface area contributed by atoms with Gasteiger partial charge in [0, 0.05) is 30.2 Å². The number of ether oxygens (including phenoxy) is 1. The van der Waals surface area contributed by atoms with Crippen LogP contribution in [-0.2, 0) is 16.7 Å². The van der Waals surface area contributed by atoms with Crippen LogP contribution in [0.3, 0.4) is 0 Å². The summed E-state index contributed by atoms with van der Waals surface area (Å²) in [5.74, 6) is -0.219. The zero-order valence-electron chi connectivity index (χ0n) is 21.6. The van der Waals surface area contributed by atoms with Crippen LogP contribution in [0.5, 0.6) is 0 Å². The van der Waals surface area contributed by atoms with Crippen LogP contribution in [0.25, 0.3) is 11.0 Å². The maximum atomic E-state index is 13.8. The summed E-state index contributed by atoms with van der Waals surface area (Å²) in [4.78, 5) is 19.6. The Morgan fingerprint density at radius 1 is 1.20 bits per heavy atom. The summed E-state index contributed by atoms with van der Waals surface area (Å²) >= 11 is 0. The lowest BCUT2D eigenvalue weighted by atomic mass is 9.87. The van der Waals surface area contributed by atoms with E-state index in [1.54, 1.807) is 12.4 Å². The van der Waals surface area contributed by atoms with Gasteiger partial charge in [0.25, 0.3) is 0 Å². The van der Waals surface area contributed by atoms with E-state index < -0.39 is 6.09 Å². The minimum Gasteiger partial charge on any atom is -0.444 e. The van der Waals surface area contributed by atoms with Gasteiger partial charge in [-0.3, -0.25) is 0 Å². The van der Waals surface area contributed by atoms with Crippen molar-refractivity contribution in [1.82, 2.24) is 14.9 Å². The molecule has 0 aliphatic carbocycles. The van der Waals surface area contributed by atoms with Crippen LogP contribution in [0, 0.1) is 11.2 Å². The molecule has 7 heteroatoms. The van der Waals surface area contributed by atoms with Gasteiger partial charge in [-0.05, 0) is 54.7 Å². The highest BCUT2D eigenvalue weighted by atomic mass is 19.1. The Balaban J connectivity index is 1.40. The highest BCUT2D eigenvalue weighted by Crippen LogP contribution is 2.40. The summed E-state index contributed by atoms with van der Waals surface area (Å²) in [6.45, 7) is 14.6. The van der Waals surface area contributed by atoms with Crippen LogP contribution in [-0.4, -0.2) is 40.9 Å². The second kappa shape index (κ2) is 9.51. The third kappa shape index (κ3) is 5.95. The van der Waals surface area contributed by atoms with Crippen LogP contribution in [0.1, 0.15) is 53.5 Å². The maximum Gasteiger partial charge on any atom is 0.407 e. The lowest BCUT2D eigenvalue weighted by Crippen LogP contribution is -2.44. The van der Waals surface area contributed by atoms with Crippen molar-refractivity contribution in [2.24, 2.45) is 5.41 Å². The van der Waals surface area contributed by atoms with Crippen molar-refractivity contribution in [1.29, 1.82) is 0 Å². The number of amides is 1. The Hall–Kier alpha value is -3.09. The number of alkyl carbamates (subject to hydrolysis) is 1. The van der Waals surface area contributed by atoms with E-state index in [1.807, 2.05) is 41.8 Å². The van der Waals surface area contributed by atoms with Crippen molar-refractivity contribution in [3.63, 3.8) is 0 Å². The Bertz CT molecular complexity index is 1200. The van der Waals surface area contributed by atoms with E-state index in [0.29, 0.717) is 13.1 Å². The van der Waals surface area contributed by atoms with Crippen LogP contribution >= 0.6 is 0 Å². The minimum absolute atomic E-state index is 0.00688. The van der Waals surface area contributed by atoms with Crippen molar-refractivity contribution < 1.29 is 13.9 Å². The molecule has 188 valence electrons. The molecule has 1 amide bonds. The predicted molar refractivity (Wildman–Crippen MR) is 138 cm³/mol. The molecule has 0 radical (unpaired) electrons. The standard InChI is InChI=1S/C28H37FN4O2/c1-19(15-32-17-28(5,6)22-13-20(29)11-12-24(22)32)31-26(34)35-21(14-27(2,3)4)16-33-18-30-23-9-7-8-10-25(23)33/h7-13,18-19,21H,14-17H2,1-6H3,(H,31,34)/t19-,21-/m0/s1. The summed E-state index contributed by atoms with van der Waals surface area (Å²) in [6, 6.07) is 12.8. The van der Waals surface area contributed by atoms with Crippen molar-refractivity contribution in [2.75, 3.05) is 18.0 Å². The van der Waals surface area contributed by atoms with E-state index in [-0.39, 0.29) is 28.8 Å². The average Bonchev–Trinajstić information content (AvgIpc) is 3.24. The number of hydrogen-bond acceptors (Lipinski definition) is 4. The summed E-state index contributed by atoms with van der Waals surface area (Å²) in [7, 11) is 0. The number of carbonyl (C=O) groups is 1. The van der Waals surface area contributed by atoms with Crippen molar-refractivity contribution >= 4 is 22.8 Å². The van der Waals surface area contributed by atoms with Gasteiger partial charge in [-0.15, -0.1) is 0 Å². The molecule has 1 aliphatic heterocycles. The second-order valence-electron chi connectivity index (χ2n) is 11.6. The summed E-state index contributed by atoms with van der Waals surface area (Å²) in [6.07, 6.45) is 1.81. The van der Waals surface area contributed by atoms with E-state index in [2.05, 4.69) is 49.8 Å². The number of nitrogens with zero attached hydrogens (tertiary/aromatic N) is 3. The Labute approximate surface area is 207 Å². The lowest BCUT2D eigenvalue weighted by Gasteiger charge is -2.28. The molecule has 0 bridgehead atoms. The summed E-state index contributed by atoms with van der Waals surface area (Å²) < 4.78 is 21.8. The highest BCUT2D eigenvalue weighted by Gasteiger charge is 2.36. The van der Waals surface area contributed by atoms with Gasteiger partial charge >= 0.3 is 6.09 Å². The summed E-state index contributed by atoms with van der Waals surface area (Å²) in [5.41, 5.74) is 3.82. The van der Waals surface area contributed by atoms with Crippen LogP contribution in [0.15, 0.2) is 48.8 Å².